The number of hydrogen-bond donors (Lipinski definition) is 1. The molecule has 0 bridgehead atoms. The first-order valence-corrected chi connectivity index (χ1v) is 6.54. The molecule has 2 aromatic rings. The van der Waals surface area contributed by atoms with Gasteiger partial charge in [-0.2, -0.15) is 13.8 Å². The quantitative estimate of drug-likeness (QED) is 0.846. The van der Waals surface area contributed by atoms with Crippen molar-refractivity contribution < 1.29 is 32.2 Å². The summed E-state index contributed by atoms with van der Waals surface area (Å²) >= 11 is 0. The highest BCUT2D eigenvalue weighted by Crippen LogP contribution is 2.40. The molecule has 0 radical (unpaired) electrons. The van der Waals surface area contributed by atoms with Gasteiger partial charge in [0.1, 0.15) is 0 Å². The third-order valence-corrected chi connectivity index (χ3v) is 3.05. The van der Waals surface area contributed by atoms with Crippen molar-refractivity contribution in [1.82, 2.24) is 4.98 Å². The summed E-state index contributed by atoms with van der Waals surface area (Å²) in [4.78, 5) is 14.7. The Hall–Kier alpha value is -2.97. The van der Waals surface area contributed by atoms with Crippen molar-refractivity contribution in [3.63, 3.8) is 0 Å². The number of rotatable bonds is 5. The van der Waals surface area contributed by atoms with Gasteiger partial charge in [0, 0.05) is 23.9 Å². The van der Waals surface area contributed by atoms with Crippen molar-refractivity contribution in [3.8, 4) is 17.2 Å². The second-order valence-electron chi connectivity index (χ2n) is 4.47. The second-order valence-corrected chi connectivity index (χ2v) is 4.47. The molecule has 1 amide bonds. The summed E-state index contributed by atoms with van der Waals surface area (Å²) in [5.41, 5.74) is -0.680. The molecule has 0 saturated carbocycles. The molecule has 1 N–H and O–H groups in total. The van der Waals surface area contributed by atoms with Crippen LogP contribution in [0.25, 0.3) is 0 Å². The number of amides is 1. The van der Waals surface area contributed by atoms with Crippen molar-refractivity contribution >= 4 is 11.6 Å². The molecule has 9 heteroatoms. The van der Waals surface area contributed by atoms with E-state index in [0.717, 1.165) is 0 Å². The predicted molar refractivity (Wildman–Crippen MR) is 78.2 cm³/mol. The Labute approximate surface area is 135 Å². The fourth-order valence-corrected chi connectivity index (χ4v) is 1.99. The maximum Gasteiger partial charge on any atom is 0.258 e. The smallest absolute Gasteiger partial charge is 0.258 e. The summed E-state index contributed by atoms with van der Waals surface area (Å²) < 4.78 is 55.2. The third-order valence-electron chi connectivity index (χ3n) is 3.05. The van der Waals surface area contributed by atoms with Crippen LogP contribution < -0.4 is 19.5 Å². The fraction of sp³-hybridized carbons (Fsp3) is 0.200. The molecule has 2 rings (SSSR count). The van der Waals surface area contributed by atoms with E-state index >= 15 is 0 Å². The highest BCUT2D eigenvalue weighted by Gasteiger charge is 2.20. The van der Waals surface area contributed by atoms with Crippen molar-refractivity contribution in [2.75, 3.05) is 26.6 Å². The van der Waals surface area contributed by atoms with E-state index in [1.165, 1.54) is 33.5 Å². The maximum absolute atomic E-state index is 13.6. The molecule has 0 fully saturated rings. The number of carbonyl (C=O) groups is 1. The highest BCUT2D eigenvalue weighted by molar-refractivity contribution is 6.04. The zero-order valence-electron chi connectivity index (χ0n) is 12.9. The first-order valence-electron chi connectivity index (χ1n) is 6.54. The lowest BCUT2D eigenvalue weighted by atomic mass is 10.2. The fourth-order valence-electron chi connectivity index (χ4n) is 1.99. The van der Waals surface area contributed by atoms with Crippen LogP contribution in [0.4, 0.5) is 18.9 Å². The first kappa shape index (κ1) is 17.4. The second kappa shape index (κ2) is 7.07. The summed E-state index contributed by atoms with van der Waals surface area (Å²) in [6, 6.07) is 3.25. The van der Waals surface area contributed by atoms with Gasteiger partial charge in [0.15, 0.2) is 17.3 Å². The Kier molecular flexibility index (Phi) is 5.12. The zero-order chi connectivity index (χ0) is 17.9. The van der Waals surface area contributed by atoms with Crippen molar-refractivity contribution in [2.24, 2.45) is 0 Å². The molecule has 0 spiro atoms. The van der Waals surface area contributed by atoms with Gasteiger partial charge in [0.2, 0.25) is 11.7 Å². The van der Waals surface area contributed by atoms with Crippen molar-refractivity contribution in [2.45, 2.75) is 0 Å². The van der Waals surface area contributed by atoms with Crippen LogP contribution in [0.1, 0.15) is 10.4 Å². The Morgan fingerprint density at radius 2 is 1.58 bits per heavy atom. The molecule has 128 valence electrons. The van der Waals surface area contributed by atoms with E-state index in [-0.39, 0.29) is 22.9 Å². The van der Waals surface area contributed by atoms with E-state index in [4.69, 9.17) is 14.2 Å². The number of anilines is 1. The van der Waals surface area contributed by atoms with Crippen LogP contribution in [-0.2, 0) is 0 Å². The highest BCUT2D eigenvalue weighted by atomic mass is 19.2. The Bertz CT molecular complexity index is 759. The largest absolute Gasteiger partial charge is 0.493 e. The van der Waals surface area contributed by atoms with E-state index < -0.39 is 29.2 Å². The molecule has 0 saturated heterocycles. The Morgan fingerprint density at radius 1 is 1.00 bits per heavy atom. The van der Waals surface area contributed by atoms with Crippen LogP contribution in [0.2, 0.25) is 0 Å². The molecule has 0 aliphatic rings. The number of hydrogen-bond acceptors (Lipinski definition) is 5. The van der Waals surface area contributed by atoms with Gasteiger partial charge in [-0.1, -0.05) is 0 Å². The molecular weight excluding hydrogens is 329 g/mol. The minimum Gasteiger partial charge on any atom is -0.493 e. The molecule has 1 aromatic carbocycles. The van der Waals surface area contributed by atoms with Crippen molar-refractivity contribution in [3.05, 3.63) is 41.5 Å². The summed E-state index contributed by atoms with van der Waals surface area (Å²) in [6.07, 6.45) is 0. The lowest BCUT2D eigenvalue weighted by Crippen LogP contribution is -2.16. The van der Waals surface area contributed by atoms with Crippen LogP contribution >= 0.6 is 0 Å². The molecule has 1 aromatic heterocycles. The molecule has 1 heterocycles. The SMILES string of the molecule is COc1cc(NC(=O)c2cc(F)nc(F)c2F)cc(OC)c1OC. The number of nitrogens with zero attached hydrogens (tertiary/aromatic N) is 1. The van der Waals surface area contributed by atoms with E-state index in [0.29, 0.717) is 6.07 Å². The number of pyridine rings is 1. The topological polar surface area (TPSA) is 69.7 Å². The van der Waals surface area contributed by atoms with Gasteiger partial charge in [-0.25, -0.2) is 4.39 Å². The van der Waals surface area contributed by atoms with Gasteiger partial charge >= 0.3 is 0 Å². The summed E-state index contributed by atoms with van der Waals surface area (Å²) in [7, 11) is 4.14. The summed E-state index contributed by atoms with van der Waals surface area (Å²) in [6.45, 7) is 0. The monoisotopic (exact) mass is 342 g/mol. The van der Waals surface area contributed by atoms with Crippen molar-refractivity contribution in [1.29, 1.82) is 0 Å². The van der Waals surface area contributed by atoms with E-state index in [1.807, 2.05) is 0 Å². The van der Waals surface area contributed by atoms with Crippen LogP contribution in [0.5, 0.6) is 17.2 Å². The third kappa shape index (κ3) is 3.34. The predicted octanol–water partition coefficient (Wildman–Crippen LogP) is 2.78. The molecular formula is C15H13F3N2O4. The minimum atomic E-state index is -1.70. The summed E-state index contributed by atoms with van der Waals surface area (Å²) in [5.74, 6) is -4.89. The Balaban J connectivity index is 2.39. The average molecular weight is 342 g/mol. The molecule has 24 heavy (non-hydrogen) atoms. The molecule has 6 nitrogen and oxygen atoms in total. The average Bonchev–Trinajstić information content (AvgIpc) is 2.56. The number of methoxy groups -OCH3 is 3. The Morgan fingerprint density at radius 3 is 2.08 bits per heavy atom. The van der Waals surface area contributed by atoms with Crippen LogP contribution in [0.3, 0.4) is 0 Å². The van der Waals surface area contributed by atoms with Gasteiger partial charge < -0.3 is 19.5 Å². The van der Waals surface area contributed by atoms with Gasteiger partial charge in [0.05, 0.1) is 26.9 Å². The number of aromatic nitrogens is 1. The number of benzene rings is 1. The molecule has 0 aliphatic carbocycles. The zero-order valence-corrected chi connectivity index (χ0v) is 12.9. The molecule has 0 unspecified atom stereocenters. The maximum atomic E-state index is 13.6. The standard InChI is InChI=1S/C15H13F3N2O4/c1-22-9-4-7(5-10(23-2)13(9)24-3)19-15(21)8-6-11(16)20-14(18)12(8)17/h4-6H,1-3H3,(H,19,21). The van der Waals surface area contributed by atoms with Crippen LogP contribution in [0, 0.1) is 17.7 Å². The van der Waals surface area contributed by atoms with E-state index in [1.54, 1.807) is 0 Å². The molecule has 0 atom stereocenters. The van der Waals surface area contributed by atoms with Gasteiger partial charge in [-0.15, -0.1) is 0 Å². The number of ether oxygens (including phenoxy) is 3. The number of nitrogens with one attached hydrogen (secondary N) is 1. The first-order chi connectivity index (χ1) is 11.4. The van der Waals surface area contributed by atoms with Gasteiger partial charge in [-0.3, -0.25) is 4.79 Å². The lowest BCUT2D eigenvalue weighted by molar-refractivity contribution is 0.102. The number of carbonyl (C=O) groups excluding carboxylic acids is 1. The van der Waals surface area contributed by atoms with E-state index in [9.17, 15) is 18.0 Å². The van der Waals surface area contributed by atoms with Crippen LogP contribution in [0.15, 0.2) is 18.2 Å². The normalized spacial score (nSPS) is 10.2. The van der Waals surface area contributed by atoms with Crippen LogP contribution in [-0.4, -0.2) is 32.2 Å². The molecule has 0 aliphatic heterocycles. The lowest BCUT2D eigenvalue weighted by Gasteiger charge is -2.14. The van der Waals surface area contributed by atoms with Gasteiger partial charge in [-0.05, 0) is 0 Å². The minimum absolute atomic E-state index is 0.145. The number of halogens is 3. The van der Waals surface area contributed by atoms with E-state index in [2.05, 4.69) is 10.3 Å². The summed E-state index contributed by atoms with van der Waals surface area (Å²) in [5, 5.41) is 2.30. The van der Waals surface area contributed by atoms with Gasteiger partial charge in [0.25, 0.3) is 11.9 Å².